The summed E-state index contributed by atoms with van der Waals surface area (Å²) in [6.45, 7) is 11.0. The Labute approximate surface area is 94.3 Å². The van der Waals surface area contributed by atoms with Crippen molar-refractivity contribution in [2.75, 3.05) is 0 Å². The third-order valence-electron chi connectivity index (χ3n) is 2.60. The molecule has 86 valence electrons. The van der Waals surface area contributed by atoms with E-state index in [2.05, 4.69) is 33.8 Å². The molecule has 0 aromatic rings. The lowest BCUT2D eigenvalue weighted by Gasteiger charge is -2.15. The van der Waals surface area contributed by atoms with Crippen LogP contribution in [0.1, 0.15) is 47.5 Å². The average Bonchev–Trinajstić information content (AvgIpc) is 2.11. The molecule has 0 radical (unpaired) electrons. The first-order valence-electron chi connectivity index (χ1n) is 5.79. The lowest BCUT2D eigenvalue weighted by Crippen LogP contribution is -2.01. The van der Waals surface area contributed by atoms with E-state index in [1.807, 2.05) is 6.92 Å². The van der Waals surface area contributed by atoms with E-state index >= 15 is 0 Å². The van der Waals surface area contributed by atoms with Crippen molar-refractivity contribution in [3.05, 3.63) is 23.3 Å². The molecule has 0 aromatic heterocycles. The van der Waals surface area contributed by atoms with Gasteiger partial charge in [0.1, 0.15) is 6.29 Å². The summed E-state index contributed by atoms with van der Waals surface area (Å²) in [4.78, 5) is 10.2. The zero-order valence-electron chi connectivity index (χ0n) is 10.7. The minimum atomic E-state index is 0.625. The minimum absolute atomic E-state index is 0.625. The van der Waals surface area contributed by atoms with Gasteiger partial charge in [0.25, 0.3) is 0 Å². The van der Waals surface area contributed by atoms with Crippen LogP contribution >= 0.6 is 0 Å². The van der Waals surface area contributed by atoms with Crippen LogP contribution in [0.15, 0.2) is 23.3 Å². The quantitative estimate of drug-likeness (QED) is 0.364. The molecule has 1 nitrogen and oxygen atoms in total. The molecule has 0 rings (SSSR count). The van der Waals surface area contributed by atoms with Crippen LogP contribution in [0.2, 0.25) is 0 Å². The highest BCUT2D eigenvalue weighted by molar-refractivity contribution is 5.65. The van der Waals surface area contributed by atoms with Gasteiger partial charge in [0.2, 0.25) is 0 Å². The third-order valence-corrected chi connectivity index (χ3v) is 2.60. The second-order valence-electron chi connectivity index (χ2n) is 4.70. The molecule has 0 heterocycles. The topological polar surface area (TPSA) is 17.1 Å². The normalized spacial score (nSPS) is 12.1. The number of carbonyl (C=O) groups is 1. The van der Waals surface area contributed by atoms with Crippen molar-refractivity contribution in [1.29, 1.82) is 0 Å². The van der Waals surface area contributed by atoms with Crippen molar-refractivity contribution < 1.29 is 4.79 Å². The van der Waals surface area contributed by atoms with E-state index in [9.17, 15) is 4.79 Å². The summed E-state index contributed by atoms with van der Waals surface area (Å²) in [7, 11) is 0. The lowest BCUT2D eigenvalue weighted by molar-refractivity contribution is -0.104. The SMILES string of the molecule is C/C(=C\C=O)CCC=C(C(C)C)C(C)C. The molecule has 0 N–H and O–H groups in total. The summed E-state index contributed by atoms with van der Waals surface area (Å²) in [6, 6.07) is 0. The Balaban J connectivity index is 4.23. The van der Waals surface area contributed by atoms with E-state index in [1.165, 1.54) is 5.57 Å². The highest BCUT2D eigenvalue weighted by Crippen LogP contribution is 2.20. The molecule has 0 aliphatic rings. The molecule has 0 saturated heterocycles. The number of rotatable bonds is 6. The second kappa shape index (κ2) is 7.44. The van der Waals surface area contributed by atoms with E-state index < -0.39 is 0 Å². The van der Waals surface area contributed by atoms with E-state index in [-0.39, 0.29) is 0 Å². The monoisotopic (exact) mass is 208 g/mol. The molecule has 0 amide bonds. The van der Waals surface area contributed by atoms with Crippen LogP contribution < -0.4 is 0 Å². The van der Waals surface area contributed by atoms with Crippen LogP contribution in [0.5, 0.6) is 0 Å². The van der Waals surface area contributed by atoms with Gasteiger partial charge in [-0.2, -0.15) is 0 Å². The minimum Gasteiger partial charge on any atom is -0.299 e. The zero-order valence-corrected chi connectivity index (χ0v) is 10.7. The Kier molecular flexibility index (Phi) is 7.02. The van der Waals surface area contributed by atoms with Gasteiger partial charge in [-0.3, -0.25) is 4.79 Å². The fourth-order valence-corrected chi connectivity index (χ4v) is 1.80. The Morgan fingerprint density at radius 1 is 1.13 bits per heavy atom. The summed E-state index contributed by atoms with van der Waals surface area (Å²) < 4.78 is 0. The molecule has 0 atom stereocenters. The Morgan fingerprint density at radius 3 is 2.07 bits per heavy atom. The smallest absolute Gasteiger partial charge is 0.142 e. The molecule has 1 heteroatoms. The predicted molar refractivity (Wildman–Crippen MR) is 66.8 cm³/mol. The van der Waals surface area contributed by atoms with Crippen LogP contribution in [0.3, 0.4) is 0 Å². The van der Waals surface area contributed by atoms with Gasteiger partial charge in [-0.1, -0.05) is 44.9 Å². The van der Waals surface area contributed by atoms with E-state index in [0.717, 1.165) is 24.7 Å². The van der Waals surface area contributed by atoms with Crippen molar-refractivity contribution >= 4 is 6.29 Å². The molecule has 0 aliphatic heterocycles. The number of hydrogen-bond donors (Lipinski definition) is 0. The number of aldehydes is 1. The Morgan fingerprint density at radius 2 is 1.67 bits per heavy atom. The standard InChI is InChI=1S/C14H24O/c1-11(2)14(12(3)4)8-6-7-13(5)9-10-15/h8-12H,6-7H2,1-5H3/b13-9+. The highest BCUT2D eigenvalue weighted by Gasteiger charge is 2.06. The Bertz CT molecular complexity index is 234. The first kappa shape index (κ1) is 14.2. The second-order valence-corrected chi connectivity index (χ2v) is 4.70. The van der Waals surface area contributed by atoms with Crippen molar-refractivity contribution in [3.63, 3.8) is 0 Å². The maximum Gasteiger partial charge on any atom is 0.142 e. The van der Waals surface area contributed by atoms with E-state index in [4.69, 9.17) is 0 Å². The van der Waals surface area contributed by atoms with E-state index in [1.54, 1.807) is 6.08 Å². The largest absolute Gasteiger partial charge is 0.299 e. The number of allylic oxidation sites excluding steroid dienone is 4. The molecular formula is C14H24O. The molecule has 15 heavy (non-hydrogen) atoms. The van der Waals surface area contributed by atoms with Crippen LogP contribution in [-0.2, 0) is 4.79 Å². The molecular weight excluding hydrogens is 184 g/mol. The van der Waals surface area contributed by atoms with Gasteiger partial charge in [0.15, 0.2) is 0 Å². The zero-order chi connectivity index (χ0) is 11.8. The van der Waals surface area contributed by atoms with Gasteiger partial charge in [-0.25, -0.2) is 0 Å². The first-order chi connectivity index (χ1) is 6.99. The van der Waals surface area contributed by atoms with Crippen molar-refractivity contribution in [2.45, 2.75) is 47.5 Å². The molecule has 0 aliphatic carbocycles. The van der Waals surface area contributed by atoms with Crippen LogP contribution in [-0.4, -0.2) is 6.29 Å². The molecule has 0 unspecified atom stereocenters. The van der Waals surface area contributed by atoms with Crippen molar-refractivity contribution in [2.24, 2.45) is 11.8 Å². The average molecular weight is 208 g/mol. The van der Waals surface area contributed by atoms with Crippen LogP contribution in [0, 0.1) is 11.8 Å². The predicted octanol–water partition coefficient (Wildman–Crippen LogP) is 4.15. The molecule has 0 spiro atoms. The maximum atomic E-state index is 10.2. The van der Waals surface area contributed by atoms with Gasteiger partial charge in [-0.05, 0) is 37.7 Å². The van der Waals surface area contributed by atoms with Gasteiger partial charge in [0.05, 0.1) is 0 Å². The highest BCUT2D eigenvalue weighted by atomic mass is 16.1. The van der Waals surface area contributed by atoms with Crippen molar-refractivity contribution in [1.82, 2.24) is 0 Å². The molecule has 0 saturated carbocycles. The summed E-state index contributed by atoms with van der Waals surface area (Å²) in [5.41, 5.74) is 2.68. The summed E-state index contributed by atoms with van der Waals surface area (Å²) in [5, 5.41) is 0. The van der Waals surface area contributed by atoms with E-state index in [0.29, 0.717) is 11.8 Å². The molecule has 0 bridgehead atoms. The summed E-state index contributed by atoms with van der Waals surface area (Å²) >= 11 is 0. The van der Waals surface area contributed by atoms with Crippen molar-refractivity contribution in [3.8, 4) is 0 Å². The fourth-order valence-electron chi connectivity index (χ4n) is 1.80. The summed E-state index contributed by atoms with van der Waals surface area (Å²) in [5.74, 6) is 1.25. The maximum absolute atomic E-state index is 10.2. The first-order valence-corrected chi connectivity index (χ1v) is 5.79. The van der Waals surface area contributed by atoms with Gasteiger partial charge in [-0.15, -0.1) is 0 Å². The number of hydrogen-bond acceptors (Lipinski definition) is 1. The molecule has 0 fully saturated rings. The Hall–Kier alpha value is -0.850. The van der Waals surface area contributed by atoms with Gasteiger partial charge < -0.3 is 0 Å². The van der Waals surface area contributed by atoms with Crippen LogP contribution in [0.25, 0.3) is 0 Å². The third kappa shape index (κ3) is 6.27. The number of carbonyl (C=O) groups excluding carboxylic acids is 1. The fraction of sp³-hybridized carbons (Fsp3) is 0.643. The van der Waals surface area contributed by atoms with Gasteiger partial charge in [0, 0.05) is 0 Å². The molecule has 0 aromatic carbocycles. The van der Waals surface area contributed by atoms with Gasteiger partial charge >= 0.3 is 0 Å². The lowest BCUT2D eigenvalue weighted by atomic mass is 9.91. The summed E-state index contributed by atoms with van der Waals surface area (Å²) in [6.07, 6.45) is 6.88. The van der Waals surface area contributed by atoms with Crippen LogP contribution in [0.4, 0.5) is 0 Å².